The molecule has 0 bridgehead atoms. The number of aryl methyl sites for hydroxylation is 2. The summed E-state index contributed by atoms with van der Waals surface area (Å²) in [6.45, 7) is 5.94. The first-order chi connectivity index (χ1) is 20.8. The van der Waals surface area contributed by atoms with Crippen molar-refractivity contribution >= 4 is 23.4 Å². The molecule has 0 radical (unpaired) electrons. The number of ether oxygens (including phenoxy) is 2. The topological polar surface area (TPSA) is 102 Å². The number of hydrogen-bond donors (Lipinski definition) is 1. The molecule has 232 valence electrons. The van der Waals surface area contributed by atoms with Crippen molar-refractivity contribution < 1.29 is 28.7 Å². The zero-order chi connectivity index (χ0) is 30.6. The van der Waals surface area contributed by atoms with Crippen LogP contribution in [0, 0.1) is 25.7 Å². The van der Waals surface area contributed by atoms with E-state index >= 15 is 0 Å². The van der Waals surface area contributed by atoms with E-state index in [1.165, 1.54) is 6.42 Å². The molecule has 1 saturated heterocycles. The molecule has 1 unspecified atom stereocenters. The van der Waals surface area contributed by atoms with Gasteiger partial charge >= 0.3 is 6.03 Å². The Morgan fingerprint density at radius 1 is 0.930 bits per heavy atom. The van der Waals surface area contributed by atoms with E-state index in [1.807, 2.05) is 62.4 Å². The average molecular weight is 591 g/mol. The number of hydrogen-bond acceptors (Lipinski definition) is 6. The maximum absolute atomic E-state index is 13.9. The van der Waals surface area contributed by atoms with Crippen LogP contribution in [-0.2, 0) is 36.9 Å². The third-order valence-electron chi connectivity index (χ3n) is 8.78. The highest BCUT2D eigenvalue weighted by atomic mass is 16.5. The van der Waals surface area contributed by atoms with Gasteiger partial charge in [-0.15, -0.1) is 0 Å². The van der Waals surface area contributed by atoms with Gasteiger partial charge in [-0.25, -0.2) is 4.79 Å². The molecular weight excluding hydrogens is 544 g/mol. The van der Waals surface area contributed by atoms with E-state index in [1.54, 1.807) is 4.90 Å². The van der Waals surface area contributed by atoms with Gasteiger partial charge in [0.25, 0.3) is 0 Å². The maximum Gasteiger partial charge on any atom is 0.318 e. The van der Waals surface area contributed by atoms with Crippen LogP contribution in [0.3, 0.4) is 0 Å². The maximum atomic E-state index is 13.9. The molecule has 2 aromatic rings. The number of morpholine rings is 1. The van der Waals surface area contributed by atoms with Crippen molar-refractivity contribution in [3.05, 3.63) is 70.8 Å². The lowest BCUT2D eigenvalue weighted by atomic mass is 9.82. The van der Waals surface area contributed by atoms with Crippen molar-refractivity contribution in [1.82, 2.24) is 10.2 Å². The Bertz CT molecular complexity index is 1210. The highest BCUT2D eigenvalue weighted by Crippen LogP contribution is 2.28. The number of rotatable bonds is 14. The number of nitrogens with one attached hydrogen (secondary N) is 1. The number of carbonyl (C=O) groups is 4. The van der Waals surface area contributed by atoms with Crippen molar-refractivity contribution in [2.45, 2.75) is 77.9 Å². The van der Waals surface area contributed by atoms with Crippen LogP contribution in [0.4, 0.5) is 4.79 Å². The summed E-state index contributed by atoms with van der Waals surface area (Å²) in [6, 6.07) is 14.4. The van der Waals surface area contributed by atoms with Crippen molar-refractivity contribution in [1.29, 1.82) is 0 Å². The van der Waals surface area contributed by atoms with Crippen LogP contribution < -0.4 is 5.32 Å². The highest BCUT2D eigenvalue weighted by molar-refractivity contribution is 6.38. The molecular formula is C35H46N2O6. The molecule has 8 heteroatoms. The van der Waals surface area contributed by atoms with Crippen LogP contribution >= 0.6 is 0 Å². The first-order valence-corrected chi connectivity index (χ1v) is 15.7. The van der Waals surface area contributed by atoms with Crippen LogP contribution in [0.2, 0.25) is 0 Å². The van der Waals surface area contributed by atoms with Gasteiger partial charge in [-0.3, -0.25) is 14.4 Å². The second kappa shape index (κ2) is 16.5. The second-order valence-corrected chi connectivity index (χ2v) is 12.0. The van der Waals surface area contributed by atoms with Crippen LogP contribution in [0.5, 0.6) is 0 Å². The molecule has 2 amide bonds. The van der Waals surface area contributed by atoms with Crippen LogP contribution in [0.1, 0.15) is 67.2 Å². The lowest BCUT2D eigenvalue weighted by Gasteiger charge is -2.31. The number of benzene rings is 2. The van der Waals surface area contributed by atoms with E-state index in [-0.39, 0.29) is 37.9 Å². The summed E-state index contributed by atoms with van der Waals surface area (Å²) in [6.07, 6.45) is 5.83. The molecule has 1 saturated carbocycles. The quantitative estimate of drug-likeness (QED) is 0.305. The van der Waals surface area contributed by atoms with E-state index in [4.69, 9.17) is 9.47 Å². The van der Waals surface area contributed by atoms with Crippen molar-refractivity contribution in [3.8, 4) is 0 Å². The number of Topliss-reactive ketones (excluding diaryl/α,β-unsaturated/α-hetero) is 3. The zero-order valence-electron chi connectivity index (χ0n) is 25.6. The van der Waals surface area contributed by atoms with E-state index in [2.05, 4.69) is 5.32 Å². The summed E-state index contributed by atoms with van der Waals surface area (Å²) >= 11 is 0. The first kappa shape index (κ1) is 32.6. The molecule has 2 atom stereocenters. The Kier molecular flexibility index (Phi) is 12.5. The molecule has 1 heterocycles. The molecule has 0 spiro atoms. The number of amides is 2. The minimum Gasteiger partial charge on any atom is -0.378 e. The standard InChI is InChI=1S/C35H46N2O6/c1-25-10-9-11-26(2)30(25)22-33(39)34(40)29(24-43-23-28-14-7-4-8-15-28)21-32(38)31(20-27-12-5-3-6-13-27)36-35(41)37-16-18-42-19-17-37/h4,7-11,14-15,27,29,31H,3,5-6,12-13,16-24H2,1-2H3,(H,36,41)/t29?,31-/m0/s1. The predicted molar refractivity (Wildman–Crippen MR) is 165 cm³/mol. The third-order valence-corrected chi connectivity index (χ3v) is 8.78. The number of carbonyl (C=O) groups excluding carboxylic acids is 4. The van der Waals surface area contributed by atoms with E-state index < -0.39 is 23.5 Å². The van der Waals surface area contributed by atoms with Gasteiger partial charge in [0.05, 0.1) is 38.4 Å². The molecule has 2 aliphatic rings. The zero-order valence-corrected chi connectivity index (χ0v) is 25.6. The van der Waals surface area contributed by atoms with Crippen molar-refractivity contribution in [3.63, 3.8) is 0 Å². The van der Waals surface area contributed by atoms with E-state index in [0.29, 0.717) is 38.6 Å². The number of ketones is 3. The largest absolute Gasteiger partial charge is 0.378 e. The molecule has 4 rings (SSSR count). The average Bonchev–Trinajstić information content (AvgIpc) is 3.03. The number of urea groups is 1. The summed E-state index contributed by atoms with van der Waals surface area (Å²) in [5, 5.41) is 2.99. The molecule has 43 heavy (non-hydrogen) atoms. The van der Waals surface area contributed by atoms with Crippen molar-refractivity contribution in [2.75, 3.05) is 32.9 Å². The fourth-order valence-electron chi connectivity index (χ4n) is 6.14. The molecule has 2 fully saturated rings. The minimum atomic E-state index is -0.929. The molecule has 1 N–H and O–H groups in total. The highest BCUT2D eigenvalue weighted by Gasteiger charge is 2.33. The Morgan fingerprint density at radius 2 is 1.60 bits per heavy atom. The molecule has 8 nitrogen and oxygen atoms in total. The van der Waals surface area contributed by atoms with Crippen LogP contribution in [0.25, 0.3) is 0 Å². The Balaban J connectivity index is 1.49. The van der Waals surface area contributed by atoms with Gasteiger partial charge in [0, 0.05) is 25.9 Å². The lowest BCUT2D eigenvalue weighted by Crippen LogP contribution is -2.52. The van der Waals surface area contributed by atoms with Crippen LogP contribution in [0.15, 0.2) is 48.5 Å². The molecule has 0 aromatic heterocycles. The van der Waals surface area contributed by atoms with Gasteiger partial charge in [-0.05, 0) is 48.4 Å². The third kappa shape index (κ3) is 9.83. The SMILES string of the molecule is Cc1cccc(C)c1CC(=O)C(=O)C(COCc1ccccc1)CC(=O)[C@H](CC1CCCCC1)NC(=O)N1CCOCC1. The summed E-state index contributed by atoms with van der Waals surface area (Å²) in [5.74, 6) is -1.95. The Labute approximate surface area is 255 Å². The molecule has 2 aromatic carbocycles. The van der Waals surface area contributed by atoms with Gasteiger partial charge in [0.1, 0.15) is 0 Å². The monoisotopic (exact) mass is 590 g/mol. The first-order valence-electron chi connectivity index (χ1n) is 15.7. The second-order valence-electron chi connectivity index (χ2n) is 12.0. The molecule has 1 aliphatic carbocycles. The Morgan fingerprint density at radius 3 is 2.28 bits per heavy atom. The van der Waals surface area contributed by atoms with Gasteiger partial charge in [-0.1, -0.05) is 80.6 Å². The van der Waals surface area contributed by atoms with E-state index in [0.717, 1.165) is 47.9 Å². The van der Waals surface area contributed by atoms with Gasteiger partial charge in [-0.2, -0.15) is 0 Å². The smallest absolute Gasteiger partial charge is 0.318 e. The Hall–Kier alpha value is -3.36. The fraction of sp³-hybridized carbons (Fsp3) is 0.543. The summed E-state index contributed by atoms with van der Waals surface area (Å²) < 4.78 is 11.3. The van der Waals surface area contributed by atoms with Gasteiger partial charge in [0.2, 0.25) is 11.6 Å². The molecule has 1 aliphatic heterocycles. The summed E-state index contributed by atoms with van der Waals surface area (Å²) in [7, 11) is 0. The summed E-state index contributed by atoms with van der Waals surface area (Å²) in [5.41, 5.74) is 3.68. The number of nitrogens with zero attached hydrogens (tertiary/aromatic N) is 1. The van der Waals surface area contributed by atoms with E-state index in [9.17, 15) is 19.2 Å². The fourth-order valence-corrected chi connectivity index (χ4v) is 6.14. The summed E-state index contributed by atoms with van der Waals surface area (Å²) in [4.78, 5) is 55.7. The van der Waals surface area contributed by atoms with Crippen molar-refractivity contribution in [2.24, 2.45) is 11.8 Å². The minimum absolute atomic E-state index is 0.0139. The normalized spacial score (nSPS) is 17.2. The van der Waals surface area contributed by atoms with Crippen LogP contribution in [-0.4, -0.2) is 67.2 Å². The van der Waals surface area contributed by atoms with Gasteiger partial charge in [0.15, 0.2) is 5.78 Å². The predicted octanol–water partition coefficient (Wildman–Crippen LogP) is 5.16. The lowest BCUT2D eigenvalue weighted by molar-refractivity contribution is -0.141. The van der Waals surface area contributed by atoms with Gasteiger partial charge < -0.3 is 19.7 Å².